The quantitative estimate of drug-likeness (QED) is 0.164. The molecule has 2 aliphatic heterocycles. The predicted octanol–water partition coefficient (Wildman–Crippen LogP) is 10.4. The first kappa shape index (κ1) is 31.2. The molecule has 0 aromatic heterocycles. The lowest BCUT2D eigenvalue weighted by molar-refractivity contribution is 0.630. The maximum atomic E-state index is 2.58. The molecule has 246 valence electrons. The Morgan fingerprint density at radius 3 is 1.39 bits per heavy atom. The van der Waals surface area contributed by atoms with E-state index >= 15 is 0 Å². The second-order valence-corrected chi connectivity index (χ2v) is 14.9. The molecule has 0 bridgehead atoms. The van der Waals surface area contributed by atoms with Crippen LogP contribution in [0.4, 0.5) is 34.1 Å². The molecule has 7 aromatic rings. The van der Waals surface area contributed by atoms with E-state index < -0.39 is 0 Å². The topological polar surface area (TPSA) is 6.48 Å². The number of rotatable bonds is 6. The Bertz CT molecular complexity index is 2370. The highest BCUT2D eigenvalue weighted by Crippen LogP contribution is 2.49. The number of anilines is 6. The third kappa shape index (κ3) is 4.79. The van der Waals surface area contributed by atoms with E-state index in [1.54, 1.807) is 0 Å². The number of hydrogen-bond donors (Lipinski definition) is 0. The van der Waals surface area contributed by atoms with Crippen LogP contribution in [0.1, 0.15) is 49.9 Å². The Kier molecular flexibility index (Phi) is 7.29. The van der Waals surface area contributed by atoms with Crippen LogP contribution < -0.4 is 26.2 Å². The SMILES string of the molecule is CC(C)(c1ccccc1)c1ccc(C(C)(C)c2ccccc2)c2c1B1c3ccccc3N(c3ccccc3)c3cccc(c31)N2c1ccccc1. The second-order valence-electron chi connectivity index (χ2n) is 14.9. The molecule has 0 amide bonds. The largest absolute Gasteiger partial charge is 0.311 e. The molecule has 2 heterocycles. The molecule has 0 radical (unpaired) electrons. The highest BCUT2D eigenvalue weighted by Gasteiger charge is 2.47. The van der Waals surface area contributed by atoms with Crippen LogP contribution >= 0.6 is 0 Å². The van der Waals surface area contributed by atoms with Crippen molar-refractivity contribution in [1.82, 2.24) is 0 Å². The Labute approximate surface area is 302 Å². The number of nitrogens with zero attached hydrogens (tertiary/aromatic N) is 2. The van der Waals surface area contributed by atoms with Crippen LogP contribution in [0.25, 0.3) is 0 Å². The van der Waals surface area contributed by atoms with Gasteiger partial charge < -0.3 is 9.80 Å². The number of benzene rings is 7. The van der Waals surface area contributed by atoms with E-state index in [4.69, 9.17) is 0 Å². The molecular formula is C48H41BN2. The zero-order chi connectivity index (χ0) is 34.7. The van der Waals surface area contributed by atoms with Crippen LogP contribution in [0, 0.1) is 0 Å². The van der Waals surface area contributed by atoms with Gasteiger partial charge in [0.1, 0.15) is 0 Å². The van der Waals surface area contributed by atoms with E-state index in [9.17, 15) is 0 Å². The van der Waals surface area contributed by atoms with Gasteiger partial charge in [-0.05, 0) is 81.1 Å². The predicted molar refractivity (Wildman–Crippen MR) is 218 cm³/mol. The van der Waals surface area contributed by atoms with Gasteiger partial charge >= 0.3 is 0 Å². The minimum absolute atomic E-state index is 0.0202. The monoisotopic (exact) mass is 656 g/mol. The summed E-state index contributed by atoms with van der Waals surface area (Å²) in [7, 11) is 0. The summed E-state index contributed by atoms with van der Waals surface area (Å²) in [5.74, 6) is 0. The summed E-state index contributed by atoms with van der Waals surface area (Å²) in [5, 5.41) is 0. The molecule has 0 fully saturated rings. The molecule has 0 N–H and O–H groups in total. The highest BCUT2D eigenvalue weighted by molar-refractivity contribution is 7.00. The molecule has 7 aromatic carbocycles. The van der Waals surface area contributed by atoms with E-state index in [1.165, 1.54) is 61.4 Å². The number of fused-ring (bicyclic) bond motifs is 4. The van der Waals surface area contributed by atoms with Gasteiger partial charge in [0.15, 0.2) is 0 Å². The fourth-order valence-corrected chi connectivity index (χ4v) is 8.78. The van der Waals surface area contributed by atoms with Crippen molar-refractivity contribution < 1.29 is 0 Å². The van der Waals surface area contributed by atoms with Crippen LogP contribution in [-0.2, 0) is 10.8 Å². The Morgan fingerprint density at radius 1 is 0.373 bits per heavy atom. The fraction of sp³-hybridized carbons (Fsp3) is 0.125. The average Bonchev–Trinajstić information content (AvgIpc) is 3.18. The van der Waals surface area contributed by atoms with Crippen molar-refractivity contribution in [3.05, 3.63) is 198 Å². The third-order valence-electron chi connectivity index (χ3n) is 11.4. The van der Waals surface area contributed by atoms with E-state index in [0.29, 0.717) is 0 Å². The molecule has 0 unspecified atom stereocenters. The first-order valence-electron chi connectivity index (χ1n) is 18.1. The van der Waals surface area contributed by atoms with E-state index in [0.717, 1.165) is 11.4 Å². The molecule has 0 saturated carbocycles. The van der Waals surface area contributed by atoms with Crippen molar-refractivity contribution in [1.29, 1.82) is 0 Å². The normalized spacial score (nSPS) is 13.4. The standard InChI is InChI=1S/C48H41BN2/c1-47(2,34-20-9-5-10-21-34)38-32-33-39(48(3,4)35-22-11-6-12-23-35)46-44(38)49-40-28-17-18-29-41(40)50(36-24-13-7-14-25-36)42-30-19-31-43(45(42)49)51(46)37-26-15-8-16-27-37/h5-33H,1-4H3. The van der Waals surface area contributed by atoms with Gasteiger partial charge in [0.2, 0.25) is 0 Å². The summed E-state index contributed by atoms with van der Waals surface area (Å²) in [4.78, 5) is 5.05. The van der Waals surface area contributed by atoms with Crippen LogP contribution in [0.15, 0.2) is 176 Å². The number of hydrogen-bond acceptors (Lipinski definition) is 2. The minimum atomic E-state index is -0.285. The van der Waals surface area contributed by atoms with Crippen LogP contribution in [0.5, 0.6) is 0 Å². The lowest BCUT2D eigenvalue weighted by Gasteiger charge is -2.47. The lowest BCUT2D eigenvalue weighted by atomic mass is 9.32. The van der Waals surface area contributed by atoms with Crippen molar-refractivity contribution in [2.75, 3.05) is 9.80 Å². The minimum Gasteiger partial charge on any atom is -0.311 e. The van der Waals surface area contributed by atoms with Gasteiger partial charge in [0, 0.05) is 45.0 Å². The summed E-state index contributed by atoms with van der Waals surface area (Å²) in [6, 6.07) is 64.8. The first-order chi connectivity index (χ1) is 24.9. The molecular weight excluding hydrogens is 615 g/mol. The second kappa shape index (κ2) is 11.9. The zero-order valence-electron chi connectivity index (χ0n) is 29.7. The molecule has 51 heavy (non-hydrogen) atoms. The Hall–Kier alpha value is -5.80. The van der Waals surface area contributed by atoms with Gasteiger partial charge in [-0.25, -0.2) is 0 Å². The molecule has 0 aliphatic carbocycles. The molecule has 2 aliphatic rings. The van der Waals surface area contributed by atoms with Crippen molar-refractivity contribution in [2.45, 2.75) is 38.5 Å². The van der Waals surface area contributed by atoms with Crippen molar-refractivity contribution in [3.8, 4) is 0 Å². The van der Waals surface area contributed by atoms with Gasteiger partial charge in [-0.2, -0.15) is 0 Å². The molecule has 0 spiro atoms. The van der Waals surface area contributed by atoms with Crippen molar-refractivity contribution in [3.63, 3.8) is 0 Å². The summed E-state index contributed by atoms with van der Waals surface area (Å²) < 4.78 is 0. The van der Waals surface area contributed by atoms with E-state index in [1.807, 2.05) is 0 Å². The van der Waals surface area contributed by atoms with E-state index in [2.05, 4.69) is 213 Å². The maximum Gasteiger partial charge on any atom is 0.252 e. The van der Waals surface area contributed by atoms with Gasteiger partial charge in [-0.15, -0.1) is 0 Å². The molecule has 0 atom stereocenters. The summed E-state index contributed by atoms with van der Waals surface area (Å²) in [6.45, 7) is 9.60. The van der Waals surface area contributed by atoms with Crippen LogP contribution in [0.3, 0.4) is 0 Å². The van der Waals surface area contributed by atoms with Gasteiger partial charge in [0.25, 0.3) is 6.71 Å². The van der Waals surface area contributed by atoms with Gasteiger partial charge in [0.05, 0.1) is 0 Å². The van der Waals surface area contributed by atoms with Crippen LogP contribution in [-0.4, -0.2) is 6.71 Å². The van der Waals surface area contributed by atoms with E-state index in [-0.39, 0.29) is 17.5 Å². The Morgan fingerprint density at radius 2 is 0.804 bits per heavy atom. The van der Waals surface area contributed by atoms with Gasteiger partial charge in [-0.3, -0.25) is 0 Å². The summed E-state index contributed by atoms with van der Waals surface area (Å²) in [5.41, 5.74) is 16.1. The fourth-order valence-electron chi connectivity index (χ4n) is 8.78. The third-order valence-corrected chi connectivity index (χ3v) is 11.4. The number of para-hydroxylation sites is 3. The van der Waals surface area contributed by atoms with Crippen molar-refractivity contribution >= 4 is 57.2 Å². The lowest BCUT2D eigenvalue weighted by Crippen LogP contribution is -2.63. The first-order valence-corrected chi connectivity index (χ1v) is 18.1. The highest BCUT2D eigenvalue weighted by atomic mass is 15.2. The summed E-state index contributed by atoms with van der Waals surface area (Å²) >= 11 is 0. The Balaban J connectivity index is 1.45. The maximum absolute atomic E-state index is 2.58. The summed E-state index contributed by atoms with van der Waals surface area (Å²) in [6.07, 6.45) is 0. The van der Waals surface area contributed by atoms with Crippen LogP contribution in [0.2, 0.25) is 0 Å². The average molecular weight is 657 g/mol. The molecule has 2 nitrogen and oxygen atoms in total. The smallest absolute Gasteiger partial charge is 0.252 e. The molecule has 3 heteroatoms. The van der Waals surface area contributed by atoms with Gasteiger partial charge in [-0.1, -0.05) is 161 Å². The van der Waals surface area contributed by atoms with Crippen molar-refractivity contribution in [2.24, 2.45) is 0 Å². The molecule has 0 saturated heterocycles. The zero-order valence-corrected chi connectivity index (χ0v) is 29.7. The molecule has 9 rings (SSSR count).